The molecule has 0 aliphatic heterocycles. The molecule has 0 amide bonds. The molecular weight excluding hydrogens is 115 g/mol. The van der Waals surface area contributed by atoms with Gasteiger partial charge < -0.3 is 0 Å². The molecule has 0 aromatic heterocycles. The summed E-state index contributed by atoms with van der Waals surface area (Å²) in [5.41, 5.74) is 0. The summed E-state index contributed by atoms with van der Waals surface area (Å²) >= 11 is 0. The Morgan fingerprint density at radius 1 is 1.00 bits per heavy atom. The third kappa shape index (κ3) is 58.7. The Balaban J connectivity index is 0. The van der Waals surface area contributed by atoms with Crippen LogP contribution in [0.3, 0.4) is 0 Å². The van der Waals surface area contributed by atoms with Crippen LogP contribution >= 0.6 is 0 Å². The second-order valence-electron chi connectivity index (χ2n) is 1.73. The maximum atomic E-state index is 2.31. The van der Waals surface area contributed by atoms with Crippen LogP contribution in [0.5, 0.6) is 0 Å². The first-order valence-corrected chi connectivity index (χ1v) is 5.20. The topological polar surface area (TPSA) is 0 Å². The molecule has 0 spiro atoms. The van der Waals surface area contributed by atoms with Crippen LogP contribution in [-0.2, 0) is 18.6 Å². The fourth-order valence-electron chi connectivity index (χ4n) is 0. The summed E-state index contributed by atoms with van der Waals surface area (Å²) in [7, 11) is -0.139. The van der Waals surface area contributed by atoms with E-state index in [0.29, 0.717) is 0 Å². The molecule has 0 aliphatic carbocycles. The molecule has 0 fully saturated rings. The first-order valence-electron chi connectivity index (χ1n) is 1.73. The third-order valence-corrected chi connectivity index (χ3v) is 0. The predicted molar refractivity (Wildman–Crippen MR) is 24.7 cm³/mol. The van der Waals surface area contributed by atoms with E-state index in [2.05, 4.69) is 19.6 Å². The van der Waals surface area contributed by atoms with E-state index < -0.39 is 0 Å². The quantitative estimate of drug-likeness (QED) is 0.425. The smallest absolute Gasteiger partial charge is 0.0274 e. The van der Waals surface area contributed by atoms with Crippen LogP contribution in [0.25, 0.3) is 0 Å². The van der Waals surface area contributed by atoms with E-state index in [1.807, 2.05) is 0 Å². The molecule has 31 valence electrons. The fraction of sp³-hybridized carbons (Fsp3) is 1.00. The second kappa shape index (κ2) is 4.80. The molecule has 0 rings (SSSR count). The first-order chi connectivity index (χ1) is 1.73. The van der Waals surface area contributed by atoms with Crippen molar-refractivity contribution in [1.82, 2.24) is 0 Å². The first kappa shape index (κ1) is 9.26. The Bertz CT molecular complexity index is 11.6. The Morgan fingerprint density at radius 3 is 1.00 bits per heavy atom. The van der Waals surface area contributed by atoms with Gasteiger partial charge in [-0.3, -0.25) is 0 Å². The van der Waals surface area contributed by atoms with E-state index in [1.54, 1.807) is 0 Å². The maximum Gasteiger partial charge on any atom is 0.0274 e. The van der Waals surface area contributed by atoms with E-state index >= 15 is 0 Å². The van der Waals surface area contributed by atoms with E-state index in [4.69, 9.17) is 0 Å². The molecule has 0 N–H and O–H groups in total. The van der Waals surface area contributed by atoms with Crippen LogP contribution < -0.4 is 0 Å². The van der Waals surface area contributed by atoms with Crippen molar-refractivity contribution in [1.29, 1.82) is 0 Å². The summed E-state index contributed by atoms with van der Waals surface area (Å²) in [6.07, 6.45) is 0. The fourth-order valence-corrected chi connectivity index (χ4v) is 0. The van der Waals surface area contributed by atoms with Crippen LogP contribution in [0.15, 0.2) is 0 Å². The van der Waals surface area contributed by atoms with Crippen molar-refractivity contribution in [3.8, 4) is 0 Å². The van der Waals surface area contributed by atoms with Gasteiger partial charge in [-0.15, -0.1) is 0 Å². The monoisotopic (exact) mass is 125 g/mol. The van der Waals surface area contributed by atoms with Gasteiger partial charge in [0, 0.05) is 27.4 Å². The van der Waals surface area contributed by atoms with Crippen molar-refractivity contribution in [3.05, 3.63) is 0 Å². The molecule has 0 aromatic rings. The van der Waals surface area contributed by atoms with Gasteiger partial charge in [0.2, 0.25) is 0 Å². The van der Waals surface area contributed by atoms with Gasteiger partial charge in [-0.1, -0.05) is 19.6 Å². The normalized spacial score (nSPS) is 7.20. The average molecular weight is 125 g/mol. The van der Waals surface area contributed by atoms with Crippen molar-refractivity contribution in [2.45, 2.75) is 19.6 Å². The SMILES string of the molecule is C[SiH](C)C.[V]. The summed E-state index contributed by atoms with van der Waals surface area (Å²) in [5, 5.41) is 0. The van der Waals surface area contributed by atoms with Gasteiger partial charge in [-0.2, -0.15) is 0 Å². The Kier molecular flexibility index (Phi) is 8.89. The Hall–Kier alpha value is 0.801. The molecule has 5 heavy (non-hydrogen) atoms. The summed E-state index contributed by atoms with van der Waals surface area (Å²) < 4.78 is 0. The van der Waals surface area contributed by atoms with E-state index in [1.165, 1.54) is 0 Å². The Morgan fingerprint density at radius 2 is 1.00 bits per heavy atom. The summed E-state index contributed by atoms with van der Waals surface area (Å²) in [5.74, 6) is 0. The second-order valence-corrected chi connectivity index (χ2v) is 5.20. The number of hydrogen-bond donors (Lipinski definition) is 0. The maximum absolute atomic E-state index is 2.31. The van der Waals surface area contributed by atoms with Crippen molar-refractivity contribution in [3.63, 3.8) is 0 Å². The zero-order chi connectivity index (χ0) is 3.58. The summed E-state index contributed by atoms with van der Waals surface area (Å²) in [4.78, 5) is 0. The molecule has 0 nitrogen and oxygen atoms in total. The molecule has 2 heteroatoms. The number of hydrogen-bond acceptors (Lipinski definition) is 0. The van der Waals surface area contributed by atoms with Crippen molar-refractivity contribution < 1.29 is 18.6 Å². The van der Waals surface area contributed by atoms with Gasteiger partial charge in [-0.25, -0.2) is 0 Å². The van der Waals surface area contributed by atoms with Gasteiger partial charge in [-0.05, 0) is 0 Å². The van der Waals surface area contributed by atoms with Crippen LogP contribution in [0.2, 0.25) is 19.6 Å². The molecule has 0 aromatic carbocycles. The van der Waals surface area contributed by atoms with Gasteiger partial charge in [0.25, 0.3) is 0 Å². The van der Waals surface area contributed by atoms with E-state index in [-0.39, 0.29) is 27.4 Å². The standard InChI is InChI=1S/C3H10Si.V/c1-4(2)3;/h4H,1-3H3;. The molecule has 1 radical (unpaired) electrons. The minimum Gasteiger partial charge on any atom is -0.0724 e. The molecule has 0 atom stereocenters. The number of rotatable bonds is 0. The average Bonchev–Trinajstić information content (AvgIpc) is 0.811. The molecular formula is C3H10SiV. The molecule has 0 saturated carbocycles. The minimum absolute atomic E-state index is 0. The van der Waals surface area contributed by atoms with Crippen molar-refractivity contribution >= 4 is 8.80 Å². The molecule has 0 heterocycles. The van der Waals surface area contributed by atoms with E-state index in [9.17, 15) is 0 Å². The summed E-state index contributed by atoms with van der Waals surface area (Å²) in [6.45, 7) is 6.92. The van der Waals surface area contributed by atoms with Gasteiger partial charge in [0.15, 0.2) is 0 Å². The van der Waals surface area contributed by atoms with Crippen LogP contribution in [0.4, 0.5) is 0 Å². The molecule has 0 bridgehead atoms. The van der Waals surface area contributed by atoms with Crippen LogP contribution in [-0.4, -0.2) is 8.80 Å². The molecule has 0 unspecified atom stereocenters. The van der Waals surface area contributed by atoms with Gasteiger partial charge in [0.1, 0.15) is 0 Å². The van der Waals surface area contributed by atoms with Crippen LogP contribution in [0, 0.1) is 0 Å². The minimum atomic E-state index is -0.139. The van der Waals surface area contributed by atoms with E-state index in [0.717, 1.165) is 0 Å². The zero-order valence-corrected chi connectivity index (χ0v) is 6.58. The Labute approximate surface area is 47.5 Å². The van der Waals surface area contributed by atoms with Crippen LogP contribution in [0.1, 0.15) is 0 Å². The largest absolute Gasteiger partial charge is 0.0724 e. The third-order valence-electron chi connectivity index (χ3n) is 0. The van der Waals surface area contributed by atoms with Crippen molar-refractivity contribution in [2.75, 3.05) is 0 Å². The van der Waals surface area contributed by atoms with Crippen molar-refractivity contribution in [2.24, 2.45) is 0 Å². The molecule has 0 aliphatic rings. The molecule has 0 saturated heterocycles. The summed E-state index contributed by atoms with van der Waals surface area (Å²) in [6, 6.07) is 0. The zero-order valence-electron chi connectivity index (χ0n) is 4.02. The van der Waals surface area contributed by atoms with Gasteiger partial charge in [0.05, 0.1) is 0 Å². The predicted octanol–water partition coefficient (Wildman–Crippen LogP) is 1.10. The van der Waals surface area contributed by atoms with Gasteiger partial charge >= 0.3 is 0 Å².